The molecule has 2 aromatic carbocycles. The number of nitrogens with one attached hydrogen (secondary N) is 1. The molecule has 1 N–H and O–H groups in total. The summed E-state index contributed by atoms with van der Waals surface area (Å²) in [5, 5.41) is 0. The van der Waals surface area contributed by atoms with Crippen LogP contribution in [0.2, 0.25) is 0 Å². The maximum Gasteiger partial charge on any atom is 0.148 e. The summed E-state index contributed by atoms with van der Waals surface area (Å²) in [6, 6.07) is 11.2. The maximum atomic E-state index is 14.1. The lowest BCUT2D eigenvalue weighted by Gasteiger charge is -2.03. The van der Waals surface area contributed by atoms with E-state index in [-0.39, 0.29) is 5.82 Å². The summed E-state index contributed by atoms with van der Waals surface area (Å²) < 4.78 is 14.5. The first kappa shape index (κ1) is 11.4. The third-order valence-corrected chi connectivity index (χ3v) is 3.39. The predicted octanol–water partition coefficient (Wildman–Crippen LogP) is 4.44. The first-order valence-electron chi connectivity index (χ1n) is 5.56. The molecule has 0 aliphatic heterocycles. The van der Waals surface area contributed by atoms with E-state index in [1.54, 1.807) is 12.1 Å². The number of aromatic nitrogens is 2. The second kappa shape index (κ2) is 4.21. The monoisotopic (exact) mass is 304 g/mol. The van der Waals surface area contributed by atoms with Crippen LogP contribution in [0.25, 0.3) is 22.4 Å². The minimum Gasteiger partial charge on any atom is -0.338 e. The molecule has 0 saturated carbocycles. The minimum atomic E-state index is -0.292. The van der Waals surface area contributed by atoms with Crippen LogP contribution in [-0.2, 0) is 0 Å². The Balaban J connectivity index is 2.26. The summed E-state index contributed by atoms with van der Waals surface area (Å²) in [6.45, 7) is 1.93. The Hall–Kier alpha value is -1.68. The van der Waals surface area contributed by atoms with Crippen molar-refractivity contribution in [2.75, 3.05) is 0 Å². The molecule has 0 amide bonds. The van der Waals surface area contributed by atoms with Gasteiger partial charge in [-0.15, -0.1) is 0 Å². The van der Waals surface area contributed by atoms with Gasteiger partial charge >= 0.3 is 0 Å². The summed E-state index contributed by atoms with van der Waals surface area (Å²) >= 11 is 3.22. The number of nitrogens with zero attached hydrogens (tertiary/aromatic N) is 1. The molecule has 1 heterocycles. The number of imidazole rings is 1. The van der Waals surface area contributed by atoms with Gasteiger partial charge in [-0.2, -0.15) is 0 Å². The van der Waals surface area contributed by atoms with E-state index in [0.717, 1.165) is 16.6 Å². The number of hydrogen-bond donors (Lipinski definition) is 1. The topological polar surface area (TPSA) is 28.7 Å². The lowest BCUT2D eigenvalue weighted by Crippen LogP contribution is -1.89. The van der Waals surface area contributed by atoms with Gasteiger partial charge < -0.3 is 4.98 Å². The standard InChI is InChI=1S/C14H10BrFN2/c1-8-6-9(13(16)10(15)7-8)14-17-11-4-2-3-5-12(11)18-14/h2-7H,1H3,(H,17,18). The molecule has 0 bridgehead atoms. The Morgan fingerprint density at radius 3 is 2.78 bits per heavy atom. The molecule has 0 unspecified atom stereocenters. The van der Waals surface area contributed by atoms with Gasteiger partial charge in [0.25, 0.3) is 0 Å². The smallest absolute Gasteiger partial charge is 0.148 e. The Labute approximate surface area is 112 Å². The summed E-state index contributed by atoms with van der Waals surface area (Å²) in [4.78, 5) is 7.54. The number of fused-ring (bicyclic) bond motifs is 1. The molecule has 0 atom stereocenters. The van der Waals surface area contributed by atoms with Crippen molar-refractivity contribution in [1.82, 2.24) is 9.97 Å². The lowest BCUT2D eigenvalue weighted by molar-refractivity contribution is 0.623. The van der Waals surface area contributed by atoms with Crippen molar-refractivity contribution in [2.24, 2.45) is 0 Å². The van der Waals surface area contributed by atoms with Crippen molar-refractivity contribution in [3.63, 3.8) is 0 Å². The van der Waals surface area contributed by atoms with Crippen molar-refractivity contribution in [2.45, 2.75) is 6.92 Å². The van der Waals surface area contributed by atoms with Crippen LogP contribution in [0, 0.1) is 12.7 Å². The Bertz CT molecular complexity index is 701. The number of rotatable bonds is 1. The summed E-state index contributed by atoms with van der Waals surface area (Å²) in [5.41, 5.74) is 3.21. The molecule has 0 aliphatic carbocycles. The van der Waals surface area contributed by atoms with Crippen molar-refractivity contribution in [3.8, 4) is 11.4 Å². The van der Waals surface area contributed by atoms with Crippen LogP contribution in [0.5, 0.6) is 0 Å². The Morgan fingerprint density at radius 1 is 1.22 bits per heavy atom. The molecule has 18 heavy (non-hydrogen) atoms. The zero-order valence-electron chi connectivity index (χ0n) is 9.67. The van der Waals surface area contributed by atoms with E-state index in [2.05, 4.69) is 25.9 Å². The molecule has 2 nitrogen and oxygen atoms in total. The third kappa shape index (κ3) is 1.82. The first-order chi connectivity index (χ1) is 8.65. The van der Waals surface area contributed by atoms with E-state index in [0.29, 0.717) is 15.9 Å². The van der Waals surface area contributed by atoms with Crippen molar-refractivity contribution >= 4 is 27.0 Å². The highest BCUT2D eigenvalue weighted by Crippen LogP contribution is 2.29. The lowest BCUT2D eigenvalue weighted by atomic mass is 10.1. The average Bonchev–Trinajstić information content (AvgIpc) is 2.77. The van der Waals surface area contributed by atoms with Crippen molar-refractivity contribution < 1.29 is 4.39 Å². The number of aromatic amines is 1. The van der Waals surface area contributed by atoms with Gasteiger partial charge in [-0.1, -0.05) is 12.1 Å². The van der Waals surface area contributed by atoms with Gasteiger partial charge in [-0.25, -0.2) is 9.37 Å². The van der Waals surface area contributed by atoms with Gasteiger partial charge in [0.2, 0.25) is 0 Å². The number of hydrogen-bond acceptors (Lipinski definition) is 1. The van der Waals surface area contributed by atoms with Crippen LogP contribution < -0.4 is 0 Å². The molecule has 0 fully saturated rings. The molecule has 0 spiro atoms. The molecule has 0 saturated heterocycles. The van der Waals surface area contributed by atoms with Crippen LogP contribution in [0.4, 0.5) is 4.39 Å². The quantitative estimate of drug-likeness (QED) is 0.707. The zero-order chi connectivity index (χ0) is 12.7. The average molecular weight is 305 g/mol. The Kier molecular flexibility index (Phi) is 2.67. The first-order valence-corrected chi connectivity index (χ1v) is 6.35. The normalized spacial score (nSPS) is 11.1. The van der Waals surface area contributed by atoms with Gasteiger partial charge in [-0.05, 0) is 52.7 Å². The van der Waals surface area contributed by atoms with Crippen molar-refractivity contribution in [3.05, 3.63) is 52.3 Å². The minimum absolute atomic E-state index is 0.292. The van der Waals surface area contributed by atoms with E-state index < -0.39 is 0 Å². The van der Waals surface area contributed by atoms with Gasteiger partial charge in [0.1, 0.15) is 11.6 Å². The zero-order valence-corrected chi connectivity index (χ0v) is 11.3. The number of benzene rings is 2. The van der Waals surface area contributed by atoms with Gasteiger partial charge in [-0.3, -0.25) is 0 Å². The fraction of sp³-hybridized carbons (Fsp3) is 0.0714. The highest BCUT2D eigenvalue weighted by molar-refractivity contribution is 9.10. The highest BCUT2D eigenvalue weighted by Gasteiger charge is 2.13. The largest absolute Gasteiger partial charge is 0.338 e. The summed E-state index contributed by atoms with van der Waals surface area (Å²) in [5.74, 6) is 0.262. The molecule has 0 radical (unpaired) electrons. The molecule has 0 aliphatic rings. The summed E-state index contributed by atoms with van der Waals surface area (Å²) in [7, 11) is 0. The molecule has 4 heteroatoms. The van der Waals surface area contributed by atoms with Crippen LogP contribution in [0.1, 0.15) is 5.56 Å². The second-order valence-corrected chi connectivity index (χ2v) is 5.07. The highest BCUT2D eigenvalue weighted by atomic mass is 79.9. The van der Waals surface area contributed by atoms with E-state index in [9.17, 15) is 4.39 Å². The van der Waals surface area contributed by atoms with E-state index >= 15 is 0 Å². The van der Waals surface area contributed by atoms with Crippen LogP contribution in [0.15, 0.2) is 40.9 Å². The van der Waals surface area contributed by atoms with E-state index in [1.165, 1.54) is 0 Å². The van der Waals surface area contributed by atoms with Crippen LogP contribution in [0.3, 0.4) is 0 Å². The second-order valence-electron chi connectivity index (χ2n) is 4.21. The number of H-pyrrole nitrogens is 1. The van der Waals surface area contributed by atoms with Crippen molar-refractivity contribution in [1.29, 1.82) is 0 Å². The van der Waals surface area contributed by atoms with E-state index in [1.807, 2.05) is 31.2 Å². The molecule has 3 rings (SSSR count). The molecular formula is C14H10BrFN2. The Morgan fingerprint density at radius 2 is 2.00 bits per heavy atom. The molecule has 1 aromatic heterocycles. The van der Waals surface area contributed by atoms with Gasteiger partial charge in [0, 0.05) is 0 Å². The predicted molar refractivity (Wildman–Crippen MR) is 73.9 cm³/mol. The van der Waals surface area contributed by atoms with Gasteiger partial charge in [0.15, 0.2) is 0 Å². The number of aryl methyl sites for hydroxylation is 1. The molecule has 3 aromatic rings. The molecular weight excluding hydrogens is 295 g/mol. The number of halogens is 2. The fourth-order valence-electron chi connectivity index (χ4n) is 1.98. The van der Waals surface area contributed by atoms with Crippen LogP contribution >= 0.6 is 15.9 Å². The van der Waals surface area contributed by atoms with E-state index in [4.69, 9.17) is 0 Å². The maximum absolute atomic E-state index is 14.1. The van der Waals surface area contributed by atoms with Gasteiger partial charge in [0.05, 0.1) is 21.1 Å². The number of para-hydroxylation sites is 2. The SMILES string of the molecule is Cc1cc(Br)c(F)c(-c2nc3ccccc3[nH]2)c1. The van der Waals surface area contributed by atoms with Crippen LogP contribution in [-0.4, -0.2) is 9.97 Å². The summed E-state index contributed by atoms with van der Waals surface area (Å²) in [6.07, 6.45) is 0. The molecule has 90 valence electrons. The third-order valence-electron chi connectivity index (χ3n) is 2.82. The fourth-order valence-corrected chi connectivity index (χ4v) is 2.55.